The topological polar surface area (TPSA) is 63.1 Å². The van der Waals surface area contributed by atoms with Crippen molar-refractivity contribution in [3.63, 3.8) is 0 Å². The molecule has 4 rings (SSSR count). The first-order valence-electron chi connectivity index (χ1n) is 9.80. The summed E-state index contributed by atoms with van der Waals surface area (Å²) in [6.07, 6.45) is 6.87. The number of hydrogen-bond donors (Lipinski definition) is 1. The number of amides is 1. The Balaban J connectivity index is 1.34. The molecule has 6 heteroatoms. The highest BCUT2D eigenvalue weighted by atomic mass is 16.1. The number of rotatable bonds is 7. The zero-order valence-corrected chi connectivity index (χ0v) is 15.9. The number of benzene rings is 2. The van der Waals surface area contributed by atoms with Crippen LogP contribution in [-0.2, 0) is 13.0 Å². The molecule has 1 aliphatic rings. The lowest BCUT2D eigenvalue weighted by molar-refractivity contribution is 0.102. The smallest absolute Gasteiger partial charge is 0.255 e. The van der Waals surface area contributed by atoms with Gasteiger partial charge >= 0.3 is 0 Å². The average molecular weight is 375 g/mol. The maximum absolute atomic E-state index is 12.6. The molecule has 0 radical (unpaired) electrons. The monoisotopic (exact) mass is 375 g/mol. The van der Waals surface area contributed by atoms with Gasteiger partial charge in [-0.15, -0.1) is 0 Å². The second-order valence-electron chi connectivity index (χ2n) is 7.24. The van der Waals surface area contributed by atoms with E-state index >= 15 is 0 Å². The van der Waals surface area contributed by atoms with Gasteiger partial charge < -0.3 is 10.2 Å². The SMILES string of the molecule is O=C(Nc1ccc(CCN2CCCC2)cc1)c1cccc(Cn2cncn2)c1. The predicted molar refractivity (Wildman–Crippen MR) is 109 cm³/mol. The van der Waals surface area contributed by atoms with Crippen molar-refractivity contribution in [2.45, 2.75) is 25.8 Å². The van der Waals surface area contributed by atoms with Crippen LogP contribution in [0.15, 0.2) is 61.2 Å². The minimum Gasteiger partial charge on any atom is -0.322 e. The molecule has 144 valence electrons. The molecule has 1 fully saturated rings. The maximum atomic E-state index is 12.6. The van der Waals surface area contributed by atoms with Crippen molar-refractivity contribution in [2.75, 3.05) is 25.0 Å². The Hall–Kier alpha value is -2.99. The Kier molecular flexibility index (Phi) is 5.77. The molecule has 2 aromatic carbocycles. The summed E-state index contributed by atoms with van der Waals surface area (Å²) in [6, 6.07) is 15.8. The molecule has 0 saturated carbocycles. The number of carbonyl (C=O) groups excluding carboxylic acids is 1. The van der Waals surface area contributed by atoms with E-state index in [1.165, 1.54) is 37.8 Å². The van der Waals surface area contributed by atoms with Gasteiger partial charge in [0, 0.05) is 17.8 Å². The van der Waals surface area contributed by atoms with Gasteiger partial charge in [0.25, 0.3) is 5.91 Å². The highest BCUT2D eigenvalue weighted by Gasteiger charge is 2.11. The predicted octanol–water partition coefficient (Wildman–Crippen LogP) is 3.22. The Morgan fingerprint density at radius 2 is 1.86 bits per heavy atom. The number of hydrogen-bond acceptors (Lipinski definition) is 4. The summed E-state index contributed by atoms with van der Waals surface area (Å²) in [5, 5.41) is 7.09. The van der Waals surface area contributed by atoms with Crippen molar-refractivity contribution in [1.82, 2.24) is 19.7 Å². The third-order valence-electron chi connectivity index (χ3n) is 5.13. The van der Waals surface area contributed by atoms with Crippen LogP contribution in [0.1, 0.15) is 34.3 Å². The third-order valence-corrected chi connectivity index (χ3v) is 5.13. The normalized spacial score (nSPS) is 14.3. The largest absolute Gasteiger partial charge is 0.322 e. The number of aromatic nitrogens is 3. The second kappa shape index (κ2) is 8.80. The van der Waals surface area contributed by atoms with E-state index in [1.54, 1.807) is 11.0 Å². The lowest BCUT2D eigenvalue weighted by Gasteiger charge is -2.14. The lowest BCUT2D eigenvalue weighted by atomic mass is 10.1. The summed E-state index contributed by atoms with van der Waals surface area (Å²) >= 11 is 0. The summed E-state index contributed by atoms with van der Waals surface area (Å²) in [7, 11) is 0. The molecule has 6 nitrogen and oxygen atoms in total. The minimum atomic E-state index is -0.106. The maximum Gasteiger partial charge on any atom is 0.255 e. The van der Waals surface area contributed by atoms with Gasteiger partial charge in [-0.1, -0.05) is 24.3 Å². The zero-order chi connectivity index (χ0) is 19.2. The molecular formula is C22H25N5O. The van der Waals surface area contributed by atoms with E-state index in [0.29, 0.717) is 12.1 Å². The molecule has 2 heterocycles. The first-order chi connectivity index (χ1) is 13.8. The highest BCUT2D eigenvalue weighted by Crippen LogP contribution is 2.15. The van der Waals surface area contributed by atoms with E-state index in [4.69, 9.17) is 0 Å². The van der Waals surface area contributed by atoms with E-state index in [9.17, 15) is 4.79 Å². The molecular weight excluding hydrogens is 350 g/mol. The second-order valence-corrected chi connectivity index (χ2v) is 7.24. The van der Waals surface area contributed by atoms with E-state index in [2.05, 4.69) is 32.4 Å². The van der Waals surface area contributed by atoms with E-state index in [-0.39, 0.29) is 5.91 Å². The summed E-state index contributed by atoms with van der Waals surface area (Å²) in [5.74, 6) is -0.106. The molecule has 0 unspecified atom stereocenters. The van der Waals surface area contributed by atoms with Gasteiger partial charge in [0.2, 0.25) is 0 Å². The Morgan fingerprint density at radius 3 is 2.61 bits per heavy atom. The number of likely N-dealkylation sites (tertiary alicyclic amines) is 1. The molecule has 1 aliphatic heterocycles. The van der Waals surface area contributed by atoms with Gasteiger partial charge in [-0.25, -0.2) is 9.67 Å². The van der Waals surface area contributed by atoms with Crippen molar-refractivity contribution in [2.24, 2.45) is 0 Å². The van der Waals surface area contributed by atoms with E-state index < -0.39 is 0 Å². The summed E-state index contributed by atoms with van der Waals surface area (Å²) in [6.45, 7) is 4.16. The van der Waals surface area contributed by atoms with Gasteiger partial charge in [0.15, 0.2) is 0 Å². The Labute approximate surface area is 165 Å². The molecule has 0 atom stereocenters. The molecule has 1 saturated heterocycles. The van der Waals surface area contributed by atoms with E-state index in [1.807, 2.05) is 36.4 Å². The van der Waals surface area contributed by atoms with Crippen LogP contribution in [-0.4, -0.2) is 45.2 Å². The number of nitrogens with one attached hydrogen (secondary N) is 1. The molecule has 28 heavy (non-hydrogen) atoms. The van der Waals surface area contributed by atoms with Gasteiger partial charge in [-0.2, -0.15) is 5.10 Å². The quantitative estimate of drug-likeness (QED) is 0.689. The number of nitrogens with zero attached hydrogens (tertiary/aromatic N) is 4. The van der Waals surface area contributed by atoms with E-state index in [0.717, 1.165) is 24.2 Å². The van der Waals surface area contributed by atoms with Crippen molar-refractivity contribution in [1.29, 1.82) is 0 Å². The first kappa shape index (κ1) is 18.4. The van der Waals surface area contributed by atoms with Crippen LogP contribution < -0.4 is 5.32 Å². The van der Waals surface area contributed by atoms with Crippen molar-refractivity contribution < 1.29 is 4.79 Å². The Bertz CT molecular complexity index is 899. The van der Waals surface area contributed by atoms with Crippen LogP contribution in [0, 0.1) is 0 Å². The van der Waals surface area contributed by atoms with Crippen LogP contribution in [0.5, 0.6) is 0 Å². The van der Waals surface area contributed by atoms with Gasteiger partial charge in [-0.05, 0) is 67.7 Å². The number of anilines is 1. The van der Waals surface area contributed by atoms with Crippen LogP contribution >= 0.6 is 0 Å². The fourth-order valence-electron chi connectivity index (χ4n) is 3.56. The number of carbonyl (C=O) groups is 1. The first-order valence-corrected chi connectivity index (χ1v) is 9.80. The molecule has 0 spiro atoms. The summed E-state index contributed by atoms with van der Waals surface area (Å²) in [5.41, 5.74) is 3.77. The molecule has 1 aromatic heterocycles. The fourth-order valence-corrected chi connectivity index (χ4v) is 3.56. The van der Waals surface area contributed by atoms with Gasteiger partial charge in [0.05, 0.1) is 6.54 Å². The van der Waals surface area contributed by atoms with Crippen LogP contribution in [0.4, 0.5) is 5.69 Å². The molecule has 0 bridgehead atoms. The van der Waals surface area contributed by atoms with Crippen molar-refractivity contribution in [3.05, 3.63) is 77.9 Å². The third kappa shape index (κ3) is 4.84. The zero-order valence-electron chi connectivity index (χ0n) is 15.9. The van der Waals surface area contributed by atoms with Crippen LogP contribution in [0.2, 0.25) is 0 Å². The lowest BCUT2D eigenvalue weighted by Crippen LogP contribution is -2.21. The molecule has 1 N–H and O–H groups in total. The molecule has 3 aromatic rings. The minimum absolute atomic E-state index is 0.106. The van der Waals surface area contributed by atoms with Crippen LogP contribution in [0.3, 0.4) is 0 Å². The standard InChI is InChI=1S/C22H25N5O/c28-22(20-5-3-4-19(14-20)15-27-17-23-16-24-27)25-21-8-6-18(7-9-21)10-13-26-11-1-2-12-26/h3-9,14,16-17H,1-2,10-13,15H2,(H,25,28). The van der Waals surface area contributed by atoms with Crippen molar-refractivity contribution >= 4 is 11.6 Å². The van der Waals surface area contributed by atoms with Crippen molar-refractivity contribution in [3.8, 4) is 0 Å². The fraction of sp³-hybridized carbons (Fsp3) is 0.318. The average Bonchev–Trinajstić information content (AvgIpc) is 3.42. The van der Waals surface area contributed by atoms with Gasteiger partial charge in [0.1, 0.15) is 12.7 Å². The summed E-state index contributed by atoms with van der Waals surface area (Å²) in [4.78, 5) is 19.1. The summed E-state index contributed by atoms with van der Waals surface area (Å²) < 4.78 is 1.73. The molecule has 0 aliphatic carbocycles. The van der Waals surface area contributed by atoms with Gasteiger partial charge in [-0.3, -0.25) is 4.79 Å². The molecule has 1 amide bonds. The van der Waals surface area contributed by atoms with Crippen LogP contribution in [0.25, 0.3) is 0 Å². The highest BCUT2D eigenvalue weighted by molar-refractivity contribution is 6.04. The Morgan fingerprint density at radius 1 is 1.04 bits per heavy atom.